The van der Waals surface area contributed by atoms with Crippen molar-refractivity contribution in [1.82, 2.24) is 0 Å². The van der Waals surface area contributed by atoms with Crippen molar-refractivity contribution >= 4 is 17.3 Å². The number of aryl methyl sites for hydroxylation is 2. The van der Waals surface area contributed by atoms with Crippen molar-refractivity contribution in [3.63, 3.8) is 0 Å². The van der Waals surface area contributed by atoms with Gasteiger partial charge in [0, 0.05) is 24.0 Å². The maximum absolute atomic E-state index is 13.5. The molecule has 20 heavy (non-hydrogen) atoms. The molecule has 0 aliphatic carbocycles. The Labute approximate surface area is 117 Å². The molecule has 0 heterocycles. The van der Waals surface area contributed by atoms with E-state index < -0.39 is 0 Å². The summed E-state index contributed by atoms with van der Waals surface area (Å²) in [7, 11) is 1.82. The summed E-state index contributed by atoms with van der Waals surface area (Å²) in [4.78, 5) is 12.2. The highest BCUT2D eigenvalue weighted by atomic mass is 19.1. The predicted octanol–water partition coefficient (Wildman–Crippen LogP) is 3.74. The van der Waals surface area contributed by atoms with Gasteiger partial charge in [0.2, 0.25) is 0 Å². The van der Waals surface area contributed by atoms with Crippen LogP contribution in [0.2, 0.25) is 0 Å². The largest absolute Gasteiger partial charge is 0.388 e. The van der Waals surface area contributed by atoms with Crippen molar-refractivity contribution in [2.75, 3.05) is 17.7 Å². The van der Waals surface area contributed by atoms with Crippen LogP contribution in [0.5, 0.6) is 0 Å². The highest BCUT2D eigenvalue weighted by molar-refractivity contribution is 6.05. The molecule has 0 fully saturated rings. The van der Waals surface area contributed by atoms with E-state index in [1.165, 1.54) is 6.07 Å². The van der Waals surface area contributed by atoms with Crippen molar-refractivity contribution in [2.24, 2.45) is 0 Å². The molecule has 104 valence electrons. The molecule has 2 N–H and O–H groups in total. The zero-order valence-electron chi connectivity index (χ0n) is 11.8. The maximum atomic E-state index is 13.5. The van der Waals surface area contributed by atoms with Gasteiger partial charge in [-0.3, -0.25) is 4.79 Å². The Balaban J connectivity index is 2.21. The Morgan fingerprint density at radius 1 is 1.00 bits per heavy atom. The van der Waals surface area contributed by atoms with Crippen LogP contribution in [0.3, 0.4) is 0 Å². The highest BCUT2D eigenvalue weighted by Crippen LogP contribution is 2.18. The monoisotopic (exact) mass is 272 g/mol. The second kappa shape index (κ2) is 5.74. The molecule has 0 atom stereocenters. The van der Waals surface area contributed by atoms with Crippen LogP contribution >= 0.6 is 0 Å². The molecule has 0 spiro atoms. The zero-order chi connectivity index (χ0) is 14.7. The molecule has 4 heteroatoms. The van der Waals surface area contributed by atoms with Crippen molar-refractivity contribution in [2.45, 2.75) is 13.8 Å². The van der Waals surface area contributed by atoms with Gasteiger partial charge in [-0.2, -0.15) is 0 Å². The summed E-state index contributed by atoms with van der Waals surface area (Å²) in [5, 5.41) is 5.72. The number of benzene rings is 2. The van der Waals surface area contributed by atoms with Gasteiger partial charge in [-0.15, -0.1) is 0 Å². The van der Waals surface area contributed by atoms with Gasteiger partial charge < -0.3 is 10.6 Å². The normalized spacial score (nSPS) is 10.2. The summed E-state index contributed by atoms with van der Waals surface area (Å²) < 4.78 is 13.5. The first-order valence-electron chi connectivity index (χ1n) is 6.37. The number of carbonyl (C=O) groups excluding carboxylic acids is 1. The van der Waals surface area contributed by atoms with Gasteiger partial charge in [-0.1, -0.05) is 6.07 Å². The number of carbonyl (C=O) groups is 1. The molecule has 0 aliphatic heterocycles. The van der Waals surface area contributed by atoms with Crippen molar-refractivity contribution in [1.29, 1.82) is 0 Å². The van der Waals surface area contributed by atoms with Crippen LogP contribution in [-0.2, 0) is 0 Å². The van der Waals surface area contributed by atoms with E-state index in [0.717, 1.165) is 11.3 Å². The third-order valence-corrected chi connectivity index (χ3v) is 3.19. The Morgan fingerprint density at radius 2 is 1.70 bits per heavy atom. The van der Waals surface area contributed by atoms with Crippen molar-refractivity contribution < 1.29 is 9.18 Å². The van der Waals surface area contributed by atoms with E-state index in [9.17, 15) is 9.18 Å². The van der Waals surface area contributed by atoms with E-state index in [-0.39, 0.29) is 11.7 Å². The Hall–Kier alpha value is -2.36. The highest BCUT2D eigenvalue weighted by Gasteiger charge is 2.10. The molecule has 1 amide bonds. The summed E-state index contributed by atoms with van der Waals surface area (Å²) in [6, 6.07) is 10.1. The van der Waals surface area contributed by atoms with E-state index in [0.29, 0.717) is 16.8 Å². The molecular weight excluding hydrogens is 255 g/mol. The number of anilines is 2. The number of halogens is 1. The topological polar surface area (TPSA) is 41.1 Å². The van der Waals surface area contributed by atoms with Gasteiger partial charge in [-0.25, -0.2) is 4.39 Å². The molecular formula is C16H17FN2O. The lowest BCUT2D eigenvalue weighted by Gasteiger charge is -2.10. The fourth-order valence-corrected chi connectivity index (χ4v) is 1.94. The van der Waals surface area contributed by atoms with Gasteiger partial charge >= 0.3 is 0 Å². The molecule has 2 aromatic carbocycles. The van der Waals surface area contributed by atoms with Crippen LogP contribution in [0.4, 0.5) is 15.8 Å². The Kier molecular flexibility index (Phi) is 4.03. The van der Waals surface area contributed by atoms with Gasteiger partial charge in [0.05, 0.1) is 0 Å². The third-order valence-electron chi connectivity index (χ3n) is 3.19. The Bertz CT molecular complexity index is 653. The first-order chi connectivity index (χ1) is 9.51. The summed E-state index contributed by atoms with van der Waals surface area (Å²) in [5.41, 5.74) is 3.39. The van der Waals surface area contributed by atoms with E-state index in [1.807, 2.05) is 26.1 Å². The minimum Gasteiger partial charge on any atom is -0.388 e. The van der Waals surface area contributed by atoms with Crippen LogP contribution in [0.15, 0.2) is 36.4 Å². The number of hydrogen-bond acceptors (Lipinski definition) is 2. The standard InChI is InChI=1S/C16H17FN2O/c1-10-4-5-13(9-15(10)17)19-16(20)14-7-6-12(18-3)8-11(14)2/h4-9,18H,1-3H3,(H,19,20). The number of hydrogen-bond donors (Lipinski definition) is 2. The summed E-state index contributed by atoms with van der Waals surface area (Å²) in [6.45, 7) is 3.55. The summed E-state index contributed by atoms with van der Waals surface area (Å²) in [6.07, 6.45) is 0. The van der Waals surface area contributed by atoms with Gasteiger partial charge in [0.15, 0.2) is 0 Å². The fourth-order valence-electron chi connectivity index (χ4n) is 1.94. The molecule has 0 aliphatic rings. The second-order valence-electron chi connectivity index (χ2n) is 4.70. The van der Waals surface area contributed by atoms with Gasteiger partial charge in [0.1, 0.15) is 5.82 Å². The van der Waals surface area contributed by atoms with E-state index in [4.69, 9.17) is 0 Å². The smallest absolute Gasteiger partial charge is 0.255 e. The lowest BCUT2D eigenvalue weighted by molar-refractivity contribution is 0.102. The first-order valence-corrected chi connectivity index (χ1v) is 6.37. The maximum Gasteiger partial charge on any atom is 0.255 e. The van der Waals surface area contributed by atoms with Gasteiger partial charge in [-0.05, 0) is 55.3 Å². The lowest BCUT2D eigenvalue weighted by Crippen LogP contribution is -2.13. The summed E-state index contributed by atoms with van der Waals surface area (Å²) in [5.74, 6) is -0.571. The van der Waals surface area contributed by atoms with Crippen LogP contribution < -0.4 is 10.6 Å². The van der Waals surface area contributed by atoms with Crippen molar-refractivity contribution in [3.05, 3.63) is 58.9 Å². The molecule has 0 radical (unpaired) electrons. The van der Waals surface area contributed by atoms with E-state index >= 15 is 0 Å². The molecule has 2 rings (SSSR count). The molecule has 0 bridgehead atoms. The van der Waals surface area contributed by atoms with Crippen LogP contribution in [-0.4, -0.2) is 13.0 Å². The zero-order valence-corrected chi connectivity index (χ0v) is 11.8. The second-order valence-corrected chi connectivity index (χ2v) is 4.70. The minimum absolute atomic E-state index is 0.242. The Morgan fingerprint density at radius 3 is 2.30 bits per heavy atom. The van der Waals surface area contributed by atoms with E-state index in [2.05, 4.69) is 10.6 Å². The van der Waals surface area contributed by atoms with Crippen LogP contribution in [0.1, 0.15) is 21.5 Å². The third kappa shape index (κ3) is 2.96. The van der Waals surface area contributed by atoms with Crippen LogP contribution in [0.25, 0.3) is 0 Å². The average Bonchev–Trinajstić information content (AvgIpc) is 2.42. The predicted molar refractivity (Wildman–Crippen MR) is 79.8 cm³/mol. The number of amides is 1. The lowest BCUT2D eigenvalue weighted by atomic mass is 10.1. The molecule has 3 nitrogen and oxygen atoms in total. The molecule has 0 saturated carbocycles. The molecule has 0 aromatic heterocycles. The first kappa shape index (κ1) is 14.1. The molecule has 2 aromatic rings. The molecule has 0 unspecified atom stereocenters. The number of nitrogens with one attached hydrogen (secondary N) is 2. The average molecular weight is 272 g/mol. The fraction of sp³-hybridized carbons (Fsp3) is 0.188. The van der Waals surface area contributed by atoms with E-state index in [1.54, 1.807) is 25.1 Å². The SMILES string of the molecule is CNc1ccc(C(=O)Nc2ccc(C)c(F)c2)c(C)c1. The number of rotatable bonds is 3. The molecule has 0 saturated heterocycles. The summed E-state index contributed by atoms with van der Waals surface area (Å²) >= 11 is 0. The minimum atomic E-state index is -0.329. The van der Waals surface area contributed by atoms with Gasteiger partial charge in [0.25, 0.3) is 5.91 Å². The van der Waals surface area contributed by atoms with Crippen molar-refractivity contribution in [3.8, 4) is 0 Å². The quantitative estimate of drug-likeness (QED) is 0.893. The van der Waals surface area contributed by atoms with Crippen LogP contribution in [0, 0.1) is 19.7 Å².